The van der Waals surface area contributed by atoms with Crippen molar-refractivity contribution in [3.05, 3.63) is 77.3 Å². The van der Waals surface area contributed by atoms with Gasteiger partial charge in [-0.2, -0.15) is 5.11 Å². The Hall–Kier alpha value is -3.25. The minimum Gasteiger partial charge on any atom is -0.371 e. The Bertz CT molecular complexity index is 1310. The average molecular weight is 477 g/mol. The number of benzene rings is 2. The molecule has 0 amide bonds. The van der Waals surface area contributed by atoms with E-state index in [9.17, 15) is 0 Å². The number of rotatable bonds is 8. The number of aromatic nitrogens is 3. The molecule has 0 saturated carbocycles. The summed E-state index contributed by atoms with van der Waals surface area (Å²) >= 11 is 6.38. The number of azo groups is 1. The van der Waals surface area contributed by atoms with Crippen molar-refractivity contribution < 1.29 is 9.13 Å². The van der Waals surface area contributed by atoms with Crippen molar-refractivity contribution in [3.8, 4) is 0 Å². The van der Waals surface area contributed by atoms with Gasteiger partial charge in [-0.25, -0.2) is 13.7 Å². The van der Waals surface area contributed by atoms with E-state index in [2.05, 4.69) is 79.3 Å². The summed E-state index contributed by atoms with van der Waals surface area (Å²) in [5.41, 5.74) is 6.20. The van der Waals surface area contributed by atoms with E-state index in [1.165, 1.54) is 11.3 Å². The predicted octanol–water partition coefficient (Wildman–Crippen LogP) is 5.66. The van der Waals surface area contributed by atoms with Gasteiger partial charge in [0.05, 0.1) is 19.8 Å². The van der Waals surface area contributed by atoms with E-state index in [-0.39, 0.29) is 0 Å². The van der Waals surface area contributed by atoms with Crippen LogP contribution < -0.4 is 14.0 Å². The van der Waals surface area contributed by atoms with Crippen molar-refractivity contribution in [1.29, 1.82) is 0 Å². The molecule has 0 spiro atoms. The number of nitrogens with zero attached hydrogens (tertiary/aromatic N) is 6. The fourth-order valence-corrected chi connectivity index (χ4v) is 4.46. The SMILES string of the molecule is CCCN(CCc1cc[n+](C)cc1)c1ccc(N=Nc2cc(Cl)cc3c2[n+](C)c(C)n3C)cc1. The maximum atomic E-state index is 6.38. The average Bonchev–Trinajstić information content (AvgIpc) is 3.05. The fraction of sp³-hybridized carbons (Fsp3) is 0.333. The van der Waals surface area contributed by atoms with Gasteiger partial charge in [0, 0.05) is 48.9 Å². The van der Waals surface area contributed by atoms with E-state index in [0.717, 1.165) is 54.2 Å². The molecule has 2 aromatic carbocycles. The van der Waals surface area contributed by atoms with Gasteiger partial charge in [-0.3, -0.25) is 0 Å². The molecule has 176 valence electrons. The summed E-state index contributed by atoms with van der Waals surface area (Å²) in [4.78, 5) is 2.43. The number of halogens is 1. The molecule has 6 nitrogen and oxygen atoms in total. The smallest absolute Gasteiger partial charge is 0.253 e. The monoisotopic (exact) mass is 476 g/mol. The van der Waals surface area contributed by atoms with Gasteiger partial charge in [-0.1, -0.05) is 18.5 Å². The second-order valence-electron chi connectivity index (χ2n) is 8.78. The predicted molar refractivity (Wildman–Crippen MR) is 138 cm³/mol. The molecule has 4 rings (SSSR count). The molecule has 0 radical (unpaired) electrons. The maximum Gasteiger partial charge on any atom is 0.253 e. The highest BCUT2D eigenvalue weighted by Gasteiger charge is 2.20. The van der Waals surface area contributed by atoms with Crippen LogP contribution in [0.4, 0.5) is 17.1 Å². The first kappa shape index (κ1) is 23.9. The van der Waals surface area contributed by atoms with Crippen molar-refractivity contribution in [1.82, 2.24) is 4.57 Å². The van der Waals surface area contributed by atoms with Crippen LogP contribution in [0.5, 0.6) is 0 Å². The van der Waals surface area contributed by atoms with Crippen LogP contribution in [0.2, 0.25) is 5.02 Å². The summed E-state index contributed by atoms with van der Waals surface area (Å²) in [6.07, 6.45) is 6.32. The zero-order valence-electron chi connectivity index (χ0n) is 20.7. The van der Waals surface area contributed by atoms with Crippen LogP contribution in [0, 0.1) is 6.92 Å². The molecule has 0 unspecified atom stereocenters. The Labute approximate surface area is 206 Å². The summed E-state index contributed by atoms with van der Waals surface area (Å²) in [5, 5.41) is 9.74. The molecule has 0 bridgehead atoms. The first-order valence-electron chi connectivity index (χ1n) is 11.7. The highest BCUT2D eigenvalue weighted by Crippen LogP contribution is 2.30. The van der Waals surface area contributed by atoms with Gasteiger partial charge >= 0.3 is 0 Å². The Morgan fingerprint density at radius 2 is 1.68 bits per heavy atom. The minimum atomic E-state index is 0.653. The van der Waals surface area contributed by atoms with Crippen molar-refractivity contribution in [2.75, 3.05) is 18.0 Å². The largest absolute Gasteiger partial charge is 0.371 e. The van der Waals surface area contributed by atoms with Crippen molar-refractivity contribution >= 4 is 39.7 Å². The van der Waals surface area contributed by atoms with Gasteiger partial charge in [-0.05, 0) is 48.7 Å². The van der Waals surface area contributed by atoms with E-state index in [1.54, 1.807) is 0 Å². The van der Waals surface area contributed by atoms with Crippen molar-refractivity contribution in [2.45, 2.75) is 26.7 Å². The Balaban J connectivity index is 1.52. The minimum absolute atomic E-state index is 0.653. The summed E-state index contributed by atoms with van der Waals surface area (Å²) < 4.78 is 6.30. The second-order valence-corrected chi connectivity index (χ2v) is 9.22. The summed E-state index contributed by atoms with van der Waals surface area (Å²) in [6, 6.07) is 16.5. The standard InChI is InChI=1S/C27H33ClN6/c1-6-14-34(17-13-21-11-15-31(3)16-12-21)24-9-7-23(8-10-24)29-30-25-18-22(28)19-26-27(25)33(5)20(2)32(26)4/h7-12,15-16,18-19H,6,13-14,17H2,1-5H3/q+2. The quantitative estimate of drug-likeness (QED) is 0.239. The molecule has 0 aliphatic carbocycles. The number of fused-ring (bicyclic) bond motifs is 1. The van der Waals surface area contributed by atoms with E-state index in [1.807, 2.05) is 45.4 Å². The Morgan fingerprint density at radius 3 is 2.35 bits per heavy atom. The molecule has 4 aromatic rings. The van der Waals surface area contributed by atoms with E-state index < -0.39 is 0 Å². The summed E-state index contributed by atoms with van der Waals surface area (Å²) in [7, 11) is 6.12. The van der Waals surface area contributed by atoms with Crippen LogP contribution in [-0.2, 0) is 27.6 Å². The van der Waals surface area contributed by atoms with Crippen LogP contribution >= 0.6 is 11.6 Å². The zero-order valence-corrected chi connectivity index (χ0v) is 21.4. The van der Waals surface area contributed by atoms with Gasteiger partial charge in [0.25, 0.3) is 5.82 Å². The number of imidazole rings is 1. The third-order valence-electron chi connectivity index (χ3n) is 6.40. The number of hydrogen-bond acceptors (Lipinski definition) is 3. The second kappa shape index (κ2) is 10.3. The van der Waals surface area contributed by atoms with Gasteiger partial charge in [0.2, 0.25) is 5.52 Å². The van der Waals surface area contributed by atoms with Crippen LogP contribution in [-0.4, -0.2) is 17.7 Å². The van der Waals surface area contributed by atoms with Crippen molar-refractivity contribution in [2.24, 2.45) is 31.4 Å². The third-order valence-corrected chi connectivity index (χ3v) is 6.62. The number of hydrogen-bond donors (Lipinski definition) is 0. The maximum absolute atomic E-state index is 6.38. The van der Waals surface area contributed by atoms with Gasteiger partial charge in [0.15, 0.2) is 17.9 Å². The topological polar surface area (TPSA) is 40.6 Å². The molecule has 0 N–H and O–H groups in total. The Kier molecular flexibility index (Phi) is 7.27. The van der Waals surface area contributed by atoms with Crippen LogP contribution in [0.15, 0.2) is 71.2 Å². The third kappa shape index (κ3) is 5.12. The lowest BCUT2D eigenvalue weighted by Crippen LogP contribution is -2.30. The molecular formula is C27H33ClN6+2. The van der Waals surface area contributed by atoms with Crippen LogP contribution in [0.1, 0.15) is 24.7 Å². The van der Waals surface area contributed by atoms with Gasteiger partial charge < -0.3 is 4.90 Å². The van der Waals surface area contributed by atoms with E-state index in [0.29, 0.717) is 5.02 Å². The van der Waals surface area contributed by atoms with E-state index >= 15 is 0 Å². The molecule has 0 aliphatic heterocycles. The lowest BCUT2D eigenvalue weighted by molar-refractivity contribution is -0.671. The Morgan fingerprint density at radius 1 is 0.971 bits per heavy atom. The zero-order chi connectivity index (χ0) is 24.2. The molecular weight excluding hydrogens is 444 g/mol. The molecule has 2 aromatic heterocycles. The molecule has 0 atom stereocenters. The number of pyridine rings is 1. The molecule has 7 heteroatoms. The molecule has 0 saturated heterocycles. The lowest BCUT2D eigenvalue weighted by atomic mass is 10.1. The normalized spacial score (nSPS) is 11.6. The number of aryl methyl sites for hydroxylation is 3. The first-order chi connectivity index (χ1) is 16.4. The molecule has 0 aliphatic rings. The van der Waals surface area contributed by atoms with Crippen molar-refractivity contribution in [3.63, 3.8) is 0 Å². The fourth-order valence-electron chi connectivity index (χ4n) is 4.25. The number of anilines is 1. The summed E-state index contributed by atoms with van der Waals surface area (Å²) in [6.45, 7) is 6.29. The van der Waals surface area contributed by atoms with Crippen LogP contribution in [0.3, 0.4) is 0 Å². The molecule has 34 heavy (non-hydrogen) atoms. The first-order valence-corrected chi connectivity index (χ1v) is 12.1. The molecule has 0 fully saturated rings. The van der Waals surface area contributed by atoms with Crippen LogP contribution in [0.25, 0.3) is 11.0 Å². The molecule has 2 heterocycles. The van der Waals surface area contributed by atoms with Gasteiger partial charge in [-0.15, -0.1) is 5.11 Å². The highest BCUT2D eigenvalue weighted by molar-refractivity contribution is 6.31. The highest BCUT2D eigenvalue weighted by atomic mass is 35.5. The van der Waals surface area contributed by atoms with E-state index in [4.69, 9.17) is 11.6 Å². The van der Waals surface area contributed by atoms with Gasteiger partial charge in [0.1, 0.15) is 12.7 Å². The lowest BCUT2D eigenvalue weighted by Gasteiger charge is -2.24. The summed E-state index contributed by atoms with van der Waals surface area (Å²) in [5.74, 6) is 1.12.